The minimum atomic E-state index is 0.548. The van der Waals surface area contributed by atoms with Gasteiger partial charge < -0.3 is 9.13 Å². The second kappa shape index (κ2) is 15.6. The third kappa shape index (κ3) is 6.09. The van der Waals surface area contributed by atoms with Gasteiger partial charge in [-0.2, -0.15) is 9.97 Å². The fourth-order valence-corrected chi connectivity index (χ4v) is 10.7. The maximum atomic E-state index is 5.54. The molecule has 0 radical (unpaired) electrons. The molecule has 0 saturated carbocycles. The van der Waals surface area contributed by atoms with Crippen molar-refractivity contribution in [3.05, 3.63) is 243 Å². The summed E-state index contributed by atoms with van der Waals surface area (Å²) in [5.74, 6) is 1.75. The molecule has 10 aromatic carbocycles. The first-order chi connectivity index (χ1) is 34.3. The molecule has 322 valence electrons. The minimum Gasteiger partial charge on any atom is -0.309 e. The Kier molecular flexibility index (Phi) is 8.79. The molecule has 0 amide bonds. The van der Waals surface area contributed by atoms with Crippen molar-refractivity contribution < 1.29 is 0 Å². The highest BCUT2D eigenvalue weighted by molar-refractivity contribution is 6.26. The molecule has 4 aromatic heterocycles. The Morgan fingerprint density at radius 2 is 0.812 bits per heavy atom. The monoisotopic (exact) mass is 880 g/mol. The summed E-state index contributed by atoms with van der Waals surface area (Å²) in [6, 6.07) is 86.3. The van der Waals surface area contributed by atoms with Gasteiger partial charge in [0.15, 0.2) is 11.6 Å². The Balaban J connectivity index is 1.08. The van der Waals surface area contributed by atoms with Crippen LogP contribution in [0.3, 0.4) is 0 Å². The van der Waals surface area contributed by atoms with Crippen LogP contribution in [0.4, 0.5) is 0 Å². The molecule has 0 bridgehead atoms. The van der Waals surface area contributed by atoms with E-state index >= 15 is 0 Å². The van der Waals surface area contributed by atoms with Crippen LogP contribution in [0.15, 0.2) is 243 Å². The van der Waals surface area contributed by atoms with E-state index in [-0.39, 0.29) is 0 Å². The van der Waals surface area contributed by atoms with Gasteiger partial charge in [0.2, 0.25) is 5.95 Å². The highest BCUT2D eigenvalue weighted by Crippen LogP contribution is 2.45. The maximum Gasteiger partial charge on any atom is 0.238 e. The maximum absolute atomic E-state index is 5.54. The first-order valence-corrected chi connectivity index (χ1v) is 23.4. The van der Waals surface area contributed by atoms with Gasteiger partial charge in [-0.25, -0.2) is 4.98 Å². The fraction of sp³-hybridized carbons (Fsp3) is 0. The number of nitrogens with zero attached hydrogens (tertiary/aromatic N) is 6. The van der Waals surface area contributed by atoms with Gasteiger partial charge in [-0.15, -0.1) is 0 Å². The molecule has 4 heterocycles. The molecule has 14 aromatic rings. The molecule has 6 nitrogen and oxygen atoms in total. The van der Waals surface area contributed by atoms with Crippen LogP contribution in [0.5, 0.6) is 0 Å². The molecule has 0 spiro atoms. The summed E-state index contributed by atoms with van der Waals surface area (Å²) in [4.78, 5) is 16.3. The molecule has 6 heteroatoms. The third-order valence-electron chi connectivity index (χ3n) is 13.7. The molecular formula is C63H40N6. The quantitative estimate of drug-likeness (QED) is 0.160. The van der Waals surface area contributed by atoms with E-state index in [4.69, 9.17) is 15.0 Å². The average molecular weight is 881 g/mol. The van der Waals surface area contributed by atoms with Gasteiger partial charge in [0.25, 0.3) is 0 Å². The van der Waals surface area contributed by atoms with Crippen LogP contribution in [-0.4, -0.2) is 28.7 Å². The largest absolute Gasteiger partial charge is 0.309 e. The third-order valence-corrected chi connectivity index (χ3v) is 13.7. The molecule has 0 aliphatic heterocycles. The standard InChI is InChI=1S/C63H40N6/c1-5-20-41(21-6-1)44-36-37-46(42-22-7-2-8-23-42)57(40-44)68-52-32-16-13-28-47(52)48-38-39-56-59(60(48)68)50-30-15-18-34-54(50)69(56)63-65-61(43-24-9-3-10-25-43)64-62(66-63)51-31-19-35-55-58(51)49-29-14-17-33-53(49)67(55)45-26-11-4-12-27-45/h1-40H. The molecular weight excluding hydrogens is 841 g/mol. The number of hydrogen-bond acceptors (Lipinski definition) is 3. The highest BCUT2D eigenvalue weighted by Gasteiger charge is 2.25. The Morgan fingerprint density at radius 1 is 0.275 bits per heavy atom. The lowest BCUT2D eigenvalue weighted by Crippen LogP contribution is -2.06. The Morgan fingerprint density at radius 3 is 1.52 bits per heavy atom. The molecule has 0 fully saturated rings. The number of hydrogen-bond donors (Lipinski definition) is 0. The first-order valence-electron chi connectivity index (χ1n) is 23.4. The lowest BCUT2D eigenvalue weighted by molar-refractivity contribution is 0.954. The SMILES string of the molecule is c1ccc(-c2ccc(-c3ccccc3)c(-n3c4ccccc4c4ccc5c(c6ccccc6n5-c5nc(-c6ccccc6)nc(-c6cccc7c6c6ccccc6n7-c6ccccc6)n5)c43)c2)cc1. The fourth-order valence-electron chi connectivity index (χ4n) is 10.7. The molecule has 0 aliphatic rings. The first kappa shape index (κ1) is 38.8. The smallest absolute Gasteiger partial charge is 0.238 e. The Labute approximate surface area is 397 Å². The minimum absolute atomic E-state index is 0.548. The summed E-state index contributed by atoms with van der Waals surface area (Å²) >= 11 is 0. The van der Waals surface area contributed by atoms with E-state index in [1.54, 1.807) is 0 Å². The Hall–Kier alpha value is -9.39. The lowest BCUT2D eigenvalue weighted by atomic mass is 9.97. The summed E-state index contributed by atoms with van der Waals surface area (Å²) in [5.41, 5.74) is 15.2. The van der Waals surface area contributed by atoms with Crippen LogP contribution < -0.4 is 0 Å². The number of rotatable bonds is 7. The summed E-state index contributed by atoms with van der Waals surface area (Å²) in [6.45, 7) is 0. The zero-order valence-corrected chi connectivity index (χ0v) is 37.3. The van der Waals surface area contributed by atoms with Crippen molar-refractivity contribution >= 4 is 65.4 Å². The second-order valence-electron chi connectivity index (χ2n) is 17.6. The number of para-hydroxylation sites is 4. The normalized spacial score (nSPS) is 11.8. The van der Waals surface area contributed by atoms with E-state index in [0.717, 1.165) is 93.8 Å². The van der Waals surface area contributed by atoms with Crippen molar-refractivity contribution in [3.63, 3.8) is 0 Å². The number of aromatic nitrogens is 6. The van der Waals surface area contributed by atoms with Gasteiger partial charge >= 0.3 is 0 Å². The van der Waals surface area contributed by atoms with Crippen LogP contribution in [-0.2, 0) is 0 Å². The van der Waals surface area contributed by atoms with E-state index in [1.807, 2.05) is 18.2 Å². The van der Waals surface area contributed by atoms with Gasteiger partial charge in [-0.1, -0.05) is 194 Å². The van der Waals surface area contributed by atoms with Gasteiger partial charge in [0, 0.05) is 54.7 Å². The van der Waals surface area contributed by atoms with E-state index in [1.165, 1.54) is 16.3 Å². The molecule has 0 atom stereocenters. The van der Waals surface area contributed by atoms with Crippen molar-refractivity contribution in [2.75, 3.05) is 0 Å². The molecule has 0 unspecified atom stereocenters. The molecule has 0 N–H and O–H groups in total. The molecule has 69 heavy (non-hydrogen) atoms. The summed E-state index contributed by atoms with van der Waals surface area (Å²) in [5, 5.41) is 6.82. The van der Waals surface area contributed by atoms with Crippen LogP contribution in [0.2, 0.25) is 0 Å². The Bertz CT molecular complexity index is 4280. The van der Waals surface area contributed by atoms with Crippen molar-refractivity contribution in [2.24, 2.45) is 0 Å². The zero-order valence-electron chi connectivity index (χ0n) is 37.3. The van der Waals surface area contributed by atoms with Crippen molar-refractivity contribution in [3.8, 4) is 62.4 Å². The highest BCUT2D eigenvalue weighted by atomic mass is 15.2. The van der Waals surface area contributed by atoms with Crippen LogP contribution in [0, 0.1) is 0 Å². The van der Waals surface area contributed by atoms with E-state index < -0.39 is 0 Å². The van der Waals surface area contributed by atoms with Crippen molar-refractivity contribution in [1.29, 1.82) is 0 Å². The number of benzene rings is 10. The zero-order chi connectivity index (χ0) is 45.4. The van der Waals surface area contributed by atoms with Gasteiger partial charge in [0.05, 0.1) is 38.8 Å². The molecule has 0 aliphatic carbocycles. The van der Waals surface area contributed by atoms with Gasteiger partial charge in [-0.3, -0.25) is 4.57 Å². The summed E-state index contributed by atoms with van der Waals surface area (Å²) in [7, 11) is 0. The summed E-state index contributed by atoms with van der Waals surface area (Å²) < 4.78 is 7.08. The van der Waals surface area contributed by atoms with Crippen LogP contribution in [0.25, 0.3) is 128 Å². The van der Waals surface area contributed by atoms with E-state index in [2.05, 4.69) is 238 Å². The van der Waals surface area contributed by atoms with Gasteiger partial charge in [-0.05, 0) is 65.2 Å². The lowest BCUT2D eigenvalue weighted by Gasteiger charge is -2.17. The summed E-state index contributed by atoms with van der Waals surface area (Å²) in [6.07, 6.45) is 0. The number of fused-ring (bicyclic) bond motifs is 10. The van der Waals surface area contributed by atoms with Gasteiger partial charge in [0.1, 0.15) is 0 Å². The topological polar surface area (TPSA) is 53.5 Å². The molecule has 14 rings (SSSR count). The van der Waals surface area contributed by atoms with Crippen LogP contribution in [0.1, 0.15) is 0 Å². The second-order valence-corrected chi connectivity index (χ2v) is 17.6. The predicted octanol–water partition coefficient (Wildman–Crippen LogP) is 15.8. The molecule has 0 saturated heterocycles. The van der Waals surface area contributed by atoms with Crippen LogP contribution >= 0.6 is 0 Å². The predicted molar refractivity (Wildman–Crippen MR) is 285 cm³/mol. The average Bonchev–Trinajstić information content (AvgIpc) is 4.07. The van der Waals surface area contributed by atoms with Crippen molar-refractivity contribution in [2.45, 2.75) is 0 Å². The van der Waals surface area contributed by atoms with E-state index in [9.17, 15) is 0 Å². The van der Waals surface area contributed by atoms with Crippen molar-refractivity contribution in [1.82, 2.24) is 28.7 Å². The van der Waals surface area contributed by atoms with E-state index in [0.29, 0.717) is 17.6 Å².